The van der Waals surface area contributed by atoms with Gasteiger partial charge in [0.1, 0.15) is 10.8 Å². The van der Waals surface area contributed by atoms with E-state index in [9.17, 15) is 4.79 Å². The molecule has 3 rings (SSSR count). The summed E-state index contributed by atoms with van der Waals surface area (Å²) in [6, 6.07) is 3.30. The molecule has 2 N–H and O–H groups in total. The highest BCUT2D eigenvalue weighted by molar-refractivity contribution is 6.41. The van der Waals surface area contributed by atoms with E-state index in [1.165, 1.54) is 6.07 Å². The van der Waals surface area contributed by atoms with Gasteiger partial charge in [0, 0.05) is 12.4 Å². The van der Waals surface area contributed by atoms with E-state index >= 15 is 0 Å². The van der Waals surface area contributed by atoms with Gasteiger partial charge in [-0.05, 0) is 19.1 Å². The first kappa shape index (κ1) is 13.9. The molecular formula is C13H11Cl2N5O. The number of carbonyl (C=O) groups is 1. The minimum Gasteiger partial charge on any atom is -0.340 e. The van der Waals surface area contributed by atoms with Crippen LogP contribution < -0.4 is 5.32 Å². The molecule has 0 fully saturated rings. The van der Waals surface area contributed by atoms with Gasteiger partial charge in [0.15, 0.2) is 5.65 Å². The molecule has 3 aromatic heterocycles. The van der Waals surface area contributed by atoms with Gasteiger partial charge in [-0.15, -0.1) is 0 Å². The van der Waals surface area contributed by atoms with Crippen molar-refractivity contribution in [2.24, 2.45) is 7.05 Å². The highest BCUT2D eigenvalue weighted by Crippen LogP contribution is 2.23. The summed E-state index contributed by atoms with van der Waals surface area (Å²) >= 11 is 11.6. The number of H-pyrrole nitrogens is 1. The summed E-state index contributed by atoms with van der Waals surface area (Å²) in [5.41, 5.74) is 2.47. The van der Waals surface area contributed by atoms with Crippen molar-refractivity contribution in [3.8, 4) is 0 Å². The summed E-state index contributed by atoms with van der Waals surface area (Å²) in [5, 5.41) is 8.45. The zero-order valence-corrected chi connectivity index (χ0v) is 12.7. The quantitative estimate of drug-likeness (QED) is 0.760. The maximum Gasteiger partial charge on any atom is 0.272 e. The molecule has 108 valence electrons. The molecular weight excluding hydrogens is 313 g/mol. The minimum absolute atomic E-state index is 0.235. The van der Waals surface area contributed by atoms with Gasteiger partial charge >= 0.3 is 0 Å². The largest absolute Gasteiger partial charge is 0.340 e. The molecule has 3 aromatic rings. The molecule has 0 spiro atoms. The molecule has 6 nitrogen and oxygen atoms in total. The number of halogens is 2. The molecule has 0 bridgehead atoms. The maximum atomic E-state index is 12.1. The van der Waals surface area contributed by atoms with Crippen LogP contribution in [0.2, 0.25) is 10.2 Å². The molecule has 0 atom stereocenters. The molecule has 0 saturated heterocycles. The van der Waals surface area contributed by atoms with Crippen LogP contribution in [0.15, 0.2) is 18.3 Å². The molecule has 21 heavy (non-hydrogen) atoms. The number of carbonyl (C=O) groups excluding carboxylic acids is 1. The van der Waals surface area contributed by atoms with Gasteiger partial charge in [-0.25, -0.2) is 4.98 Å². The lowest BCUT2D eigenvalue weighted by atomic mass is 10.2. The van der Waals surface area contributed by atoms with E-state index in [0.29, 0.717) is 10.7 Å². The van der Waals surface area contributed by atoms with Gasteiger partial charge in [-0.1, -0.05) is 23.2 Å². The number of aryl methyl sites for hydroxylation is 2. The van der Waals surface area contributed by atoms with E-state index in [2.05, 4.69) is 20.4 Å². The van der Waals surface area contributed by atoms with Crippen LogP contribution in [0.3, 0.4) is 0 Å². The van der Waals surface area contributed by atoms with Crippen molar-refractivity contribution >= 4 is 45.8 Å². The second kappa shape index (κ2) is 5.05. The standard InChI is InChI=1S/C13H11Cl2N5O/c1-6-8-3-7(5-16-12(8)20(2)19-6)17-13(21)10-4-9(14)11(15)18-10/h3-5,18H,1-2H3,(H,17,21). The average Bonchev–Trinajstić information content (AvgIpc) is 2.91. The molecule has 0 saturated carbocycles. The van der Waals surface area contributed by atoms with Crippen LogP contribution >= 0.6 is 23.2 Å². The Hall–Kier alpha value is -2.05. The molecule has 0 aromatic carbocycles. The summed E-state index contributed by atoms with van der Waals surface area (Å²) in [4.78, 5) is 19.1. The SMILES string of the molecule is Cc1nn(C)c2ncc(NC(=O)c3cc(Cl)c(Cl)[nH]3)cc12. The predicted octanol–water partition coefficient (Wildman–Crippen LogP) is 3.16. The fourth-order valence-corrected chi connectivity index (χ4v) is 2.41. The lowest BCUT2D eigenvalue weighted by molar-refractivity contribution is 0.102. The Morgan fingerprint density at radius 1 is 1.38 bits per heavy atom. The lowest BCUT2D eigenvalue weighted by Crippen LogP contribution is -2.12. The number of pyridine rings is 1. The number of nitrogens with one attached hydrogen (secondary N) is 2. The highest BCUT2D eigenvalue weighted by Gasteiger charge is 2.13. The zero-order valence-electron chi connectivity index (χ0n) is 11.2. The first-order valence-electron chi connectivity index (χ1n) is 6.10. The van der Waals surface area contributed by atoms with Gasteiger partial charge in [0.25, 0.3) is 5.91 Å². The van der Waals surface area contributed by atoms with Gasteiger partial charge in [-0.2, -0.15) is 5.10 Å². The second-order valence-corrected chi connectivity index (χ2v) is 5.39. The Kier molecular flexibility index (Phi) is 3.35. The second-order valence-electron chi connectivity index (χ2n) is 4.60. The molecule has 0 aliphatic carbocycles. The molecule has 3 heterocycles. The van der Waals surface area contributed by atoms with Crippen LogP contribution in [0.5, 0.6) is 0 Å². The summed E-state index contributed by atoms with van der Waals surface area (Å²) in [6.07, 6.45) is 1.58. The Labute approximate surface area is 130 Å². The summed E-state index contributed by atoms with van der Waals surface area (Å²) < 4.78 is 1.70. The Bertz CT molecular complexity index is 832. The van der Waals surface area contributed by atoms with Gasteiger partial charge in [-0.3, -0.25) is 9.48 Å². The normalized spacial score (nSPS) is 11.0. The third-order valence-corrected chi connectivity index (χ3v) is 3.78. The smallest absolute Gasteiger partial charge is 0.272 e. The predicted molar refractivity (Wildman–Crippen MR) is 82.0 cm³/mol. The Balaban J connectivity index is 1.91. The van der Waals surface area contributed by atoms with Crippen LogP contribution in [0.4, 0.5) is 5.69 Å². The molecule has 1 amide bonds. The van der Waals surface area contributed by atoms with Crippen molar-refractivity contribution in [1.82, 2.24) is 19.7 Å². The minimum atomic E-state index is -0.341. The summed E-state index contributed by atoms with van der Waals surface area (Å²) in [5.74, 6) is -0.341. The third-order valence-electron chi connectivity index (χ3n) is 3.09. The number of aromatic amines is 1. The number of hydrogen-bond acceptors (Lipinski definition) is 3. The van der Waals surface area contributed by atoms with Crippen molar-refractivity contribution in [2.75, 3.05) is 5.32 Å². The molecule has 0 radical (unpaired) electrons. The lowest BCUT2D eigenvalue weighted by Gasteiger charge is -2.03. The molecule has 8 heteroatoms. The van der Waals surface area contributed by atoms with Crippen LogP contribution in [0.25, 0.3) is 11.0 Å². The van der Waals surface area contributed by atoms with E-state index in [0.717, 1.165) is 16.7 Å². The van der Waals surface area contributed by atoms with Gasteiger partial charge < -0.3 is 10.3 Å². The van der Waals surface area contributed by atoms with Crippen molar-refractivity contribution in [3.05, 3.63) is 39.9 Å². The summed E-state index contributed by atoms with van der Waals surface area (Å²) in [6.45, 7) is 1.89. The topological polar surface area (TPSA) is 75.6 Å². The van der Waals surface area contributed by atoms with Gasteiger partial charge in [0.05, 0.1) is 22.6 Å². The van der Waals surface area contributed by atoms with E-state index < -0.39 is 0 Å². The summed E-state index contributed by atoms with van der Waals surface area (Å²) in [7, 11) is 1.82. The number of amides is 1. The van der Waals surface area contributed by atoms with Crippen LogP contribution in [-0.2, 0) is 7.05 Å². The number of aromatic nitrogens is 4. The van der Waals surface area contributed by atoms with Crippen LogP contribution in [0.1, 0.15) is 16.2 Å². The Morgan fingerprint density at radius 2 is 2.14 bits per heavy atom. The van der Waals surface area contributed by atoms with Crippen molar-refractivity contribution < 1.29 is 4.79 Å². The molecule has 0 unspecified atom stereocenters. The average molecular weight is 324 g/mol. The number of anilines is 1. The molecule has 0 aliphatic heterocycles. The third kappa shape index (κ3) is 2.48. The number of hydrogen-bond donors (Lipinski definition) is 2. The van der Waals surface area contributed by atoms with Crippen molar-refractivity contribution in [2.45, 2.75) is 6.92 Å². The fourth-order valence-electron chi connectivity index (χ4n) is 2.10. The molecule has 0 aliphatic rings. The van der Waals surface area contributed by atoms with E-state index in [-0.39, 0.29) is 16.8 Å². The monoisotopic (exact) mass is 323 g/mol. The van der Waals surface area contributed by atoms with Crippen molar-refractivity contribution in [3.63, 3.8) is 0 Å². The van der Waals surface area contributed by atoms with E-state index in [1.54, 1.807) is 10.9 Å². The highest BCUT2D eigenvalue weighted by atomic mass is 35.5. The first-order chi connectivity index (χ1) is 9.95. The first-order valence-corrected chi connectivity index (χ1v) is 6.86. The van der Waals surface area contributed by atoms with Crippen LogP contribution in [-0.4, -0.2) is 25.7 Å². The number of nitrogens with zero attached hydrogens (tertiary/aromatic N) is 3. The fraction of sp³-hybridized carbons (Fsp3) is 0.154. The number of rotatable bonds is 2. The maximum absolute atomic E-state index is 12.1. The van der Waals surface area contributed by atoms with Gasteiger partial charge in [0.2, 0.25) is 0 Å². The van der Waals surface area contributed by atoms with E-state index in [4.69, 9.17) is 23.2 Å². The Morgan fingerprint density at radius 3 is 2.81 bits per heavy atom. The van der Waals surface area contributed by atoms with Crippen LogP contribution in [0, 0.1) is 6.92 Å². The van der Waals surface area contributed by atoms with Crippen molar-refractivity contribution in [1.29, 1.82) is 0 Å². The number of fused-ring (bicyclic) bond motifs is 1. The van der Waals surface area contributed by atoms with E-state index in [1.807, 2.05) is 20.0 Å². The zero-order chi connectivity index (χ0) is 15.1.